The lowest BCUT2D eigenvalue weighted by Crippen LogP contribution is -2.49. The third-order valence-corrected chi connectivity index (χ3v) is 5.85. The number of carbonyl (C=O) groups is 1. The van der Waals surface area contributed by atoms with Crippen LogP contribution in [-0.4, -0.2) is 49.9 Å². The number of nitrogens with one attached hydrogen (secondary N) is 1. The lowest BCUT2D eigenvalue weighted by atomic mass is 10.1. The van der Waals surface area contributed by atoms with Gasteiger partial charge in [0.05, 0.1) is 23.3 Å². The number of nitrogens with zero attached hydrogens (tertiary/aromatic N) is 5. The molecule has 0 saturated heterocycles. The van der Waals surface area contributed by atoms with Gasteiger partial charge in [-0.15, -0.1) is 0 Å². The van der Waals surface area contributed by atoms with Gasteiger partial charge in [0.2, 0.25) is 0 Å². The summed E-state index contributed by atoms with van der Waals surface area (Å²) in [6.45, 7) is 3.43. The molecule has 2 aromatic rings. The van der Waals surface area contributed by atoms with Crippen LogP contribution < -0.4 is 5.32 Å². The summed E-state index contributed by atoms with van der Waals surface area (Å²) in [7, 11) is 0. The number of benzene rings is 1. The second-order valence-electron chi connectivity index (χ2n) is 8.30. The molecule has 34 heavy (non-hydrogen) atoms. The number of fused-ring (bicyclic) bond motifs is 1. The van der Waals surface area contributed by atoms with E-state index in [-0.39, 0.29) is 6.03 Å². The summed E-state index contributed by atoms with van der Waals surface area (Å²) in [5, 5.41) is 3.06. The highest BCUT2D eigenvalue weighted by molar-refractivity contribution is 6.23. The Kier molecular flexibility index (Phi) is 7.16. The summed E-state index contributed by atoms with van der Waals surface area (Å²) < 4.78 is 40.6. The highest BCUT2D eigenvalue weighted by atomic mass is 35.5. The Labute approximate surface area is 200 Å². The molecule has 0 fully saturated rings. The zero-order valence-electron chi connectivity index (χ0n) is 18.7. The van der Waals surface area contributed by atoms with Crippen LogP contribution in [0.25, 0.3) is 0 Å². The van der Waals surface area contributed by atoms with Gasteiger partial charge in [0.1, 0.15) is 0 Å². The average Bonchev–Trinajstić information content (AvgIpc) is 3.38. The lowest BCUT2D eigenvalue weighted by Gasteiger charge is -2.33. The van der Waals surface area contributed by atoms with Crippen LogP contribution in [0, 0.1) is 0 Å². The molecule has 0 aliphatic carbocycles. The quantitative estimate of drug-likeness (QED) is 0.403. The van der Waals surface area contributed by atoms with Gasteiger partial charge in [-0.25, -0.2) is 14.8 Å². The van der Waals surface area contributed by atoms with Crippen LogP contribution in [0.3, 0.4) is 0 Å². The molecular formula is C23H26ClF3N6O. The number of alkyl halides is 4. The smallest absolute Gasteiger partial charge is 0.347 e. The first kappa shape index (κ1) is 24.1. The van der Waals surface area contributed by atoms with E-state index >= 15 is 0 Å². The van der Waals surface area contributed by atoms with E-state index in [0.717, 1.165) is 36.4 Å². The molecule has 2 amide bonds. The fourth-order valence-corrected chi connectivity index (χ4v) is 4.17. The van der Waals surface area contributed by atoms with Crippen LogP contribution in [0.15, 0.2) is 53.7 Å². The molecule has 1 N–H and O–H groups in total. The van der Waals surface area contributed by atoms with Gasteiger partial charge in [-0.3, -0.25) is 9.80 Å². The zero-order valence-corrected chi connectivity index (χ0v) is 19.5. The van der Waals surface area contributed by atoms with Crippen molar-refractivity contribution in [2.24, 2.45) is 4.99 Å². The van der Waals surface area contributed by atoms with Crippen molar-refractivity contribution in [2.75, 3.05) is 13.1 Å². The summed E-state index contributed by atoms with van der Waals surface area (Å²) in [5.41, 5.74) is 0.855. The van der Waals surface area contributed by atoms with E-state index in [0.29, 0.717) is 43.9 Å². The molecule has 2 aliphatic heterocycles. The van der Waals surface area contributed by atoms with E-state index < -0.39 is 17.4 Å². The average molecular weight is 495 g/mol. The monoisotopic (exact) mass is 494 g/mol. The Morgan fingerprint density at radius 2 is 2.03 bits per heavy atom. The maximum Gasteiger partial charge on any atom is 0.416 e. The molecule has 7 nitrogen and oxygen atoms in total. The van der Waals surface area contributed by atoms with Crippen LogP contribution in [0.1, 0.15) is 43.0 Å². The van der Waals surface area contributed by atoms with Crippen molar-refractivity contribution in [3.63, 3.8) is 0 Å². The number of unbranched alkanes of at least 4 members (excludes halogenated alkanes) is 1. The van der Waals surface area contributed by atoms with E-state index in [1.54, 1.807) is 33.0 Å². The molecule has 1 aromatic carbocycles. The van der Waals surface area contributed by atoms with Gasteiger partial charge < -0.3 is 9.88 Å². The summed E-state index contributed by atoms with van der Waals surface area (Å²) in [5.74, 6) is 0.586. The molecule has 1 aromatic heterocycles. The number of urea groups is 1. The van der Waals surface area contributed by atoms with Gasteiger partial charge in [-0.2, -0.15) is 13.2 Å². The Morgan fingerprint density at radius 1 is 1.21 bits per heavy atom. The van der Waals surface area contributed by atoms with Crippen molar-refractivity contribution in [1.82, 2.24) is 24.7 Å². The number of amidine groups is 1. The topological polar surface area (TPSA) is 65.8 Å². The number of amides is 2. The molecule has 1 unspecified atom stereocenters. The highest BCUT2D eigenvalue weighted by Crippen LogP contribution is 2.29. The fraction of sp³-hybridized carbons (Fsp3) is 0.435. The largest absolute Gasteiger partial charge is 0.416 e. The van der Waals surface area contributed by atoms with Crippen LogP contribution in [0.5, 0.6) is 0 Å². The fourth-order valence-electron chi connectivity index (χ4n) is 3.96. The molecular weight excluding hydrogens is 469 g/mol. The number of hydrogen-bond acceptors (Lipinski definition) is 4. The number of imidazole rings is 1. The van der Waals surface area contributed by atoms with Crippen molar-refractivity contribution >= 4 is 23.5 Å². The molecule has 11 heteroatoms. The number of aromatic nitrogens is 2. The van der Waals surface area contributed by atoms with Crippen LogP contribution in [0.4, 0.5) is 18.0 Å². The third kappa shape index (κ3) is 5.55. The van der Waals surface area contributed by atoms with E-state index in [4.69, 9.17) is 11.6 Å². The summed E-state index contributed by atoms with van der Waals surface area (Å²) in [4.78, 5) is 25.0. The predicted octanol–water partition coefficient (Wildman–Crippen LogP) is 4.79. The molecule has 4 rings (SSSR count). The van der Waals surface area contributed by atoms with Gasteiger partial charge in [-0.1, -0.05) is 37.1 Å². The molecule has 0 radical (unpaired) electrons. The Morgan fingerprint density at radius 3 is 2.79 bits per heavy atom. The number of hydrogen-bond donors (Lipinski definition) is 1. The van der Waals surface area contributed by atoms with Crippen molar-refractivity contribution in [3.8, 4) is 0 Å². The maximum absolute atomic E-state index is 13.0. The standard InChI is InChI=1S/C23H26ClF3N6O/c1-2-3-10-33-20-19(29-21(24)30-20)14-32(22(33)34)9-5-8-18-13-31(15-28-18)12-16-6-4-7-17(11-16)23(25,26)27/h4,6-7,11,13-15,21,29H,2-3,5,8-10,12H2,1H3. The predicted molar refractivity (Wildman–Crippen MR) is 123 cm³/mol. The van der Waals surface area contributed by atoms with Crippen molar-refractivity contribution in [3.05, 3.63) is 65.5 Å². The normalized spacial score (nSPS) is 18.0. The van der Waals surface area contributed by atoms with E-state index in [9.17, 15) is 18.0 Å². The molecule has 0 spiro atoms. The molecule has 0 saturated carbocycles. The van der Waals surface area contributed by atoms with E-state index in [1.165, 1.54) is 6.07 Å². The maximum atomic E-state index is 13.0. The SMILES string of the molecule is CCCCN1C(=O)N(CCCc2cn(Cc3cccc(C(F)(F)F)c3)cn2)C=C2NC(Cl)N=C21. The first-order valence-corrected chi connectivity index (χ1v) is 11.6. The minimum Gasteiger partial charge on any atom is -0.347 e. The summed E-state index contributed by atoms with van der Waals surface area (Å²) in [6.07, 6.45) is 3.94. The number of aliphatic imine (C=N–C) groups is 1. The van der Waals surface area contributed by atoms with Crippen molar-refractivity contribution in [1.29, 1.82) is 0 Å². The van der Waals surface area contributed by atoms with E-state index in [1.807, 2.05) is 6.20 Å². The summed E-state index contributed by atoms with van der Waals surface area (Å²) in [6, 6.07) is 5.16. The molecule has 1 atom stereocenters. The zero-order chi connectivity index (χ0) is 24.3. The number of aryl methyl sites for hydroxylation is 1. The van der Waals surface area contributed by atoms with Crippen molar-refractivity contribution in [2.45, 2.75) is 51.0 Å². The van der Waals surface area contributed by atoms with Crippen LogP contribution in [0.2, 0.25) is 0 Å². The lowest BCUT2D eigenvalue weighted by molar-refractivity contribution is -0.137. The van der Waals surface area contributed by atoms with Gasteiger partial charge in [0.25, 0.3) is 0 Å². The van der Waals surface area contributed by atoms with Gasteiger partial charge in [0.15, 0.2) is 11.5 Å². The molecule has 182 valence electrons. The molecule has 0 bridgehead atoms. The summed E-state index contributed by atoms with van der Waals surface area (Å²) >= 11 is 6.10. The van der Waals surface area contributed by atoms with Gasteiger partial charge in [0, 0.05) is 32.0 Å². The second-order valence-corrected chi connectivity index (χ2v) is 8.71. The van der Waals surface area contributed by atoms with Crippen LogP contribution in [-0.2, 0) is 19.1 Å². The minimum atomic E-state index is -4.37. The van der Waals surface area contributed by atoms with Crippen LogP contribution >= 0.6 is 11.6 Å². The number of halogens is 4. The highest BCUT2D eigenvalue weighted by Gasteiger charge is 2.35. The van der Waals surface area contributed by atoms with Gasteiger partial charge >= 0.3 is 12.2 Å². The Bertz CT molecular complexity index is 1100. The third-order valence-electron chi connectivity index (χ3n) is 5.64. The van der Waals surface area contributed by atoms with Crippen molar-refractivity contribution < 1.29 is 18.0 Å². The molecule has 3 heterocycles. The van der Waals surface area contributed by atoms with E-state index in [2.05, 4.69) is 22.2 Å². The first-order chi connectivity index (χ1) is 16.2. The Balaban J connectivity index is 1.34. The first-order valence-electron chi connectivity index (χ1n) is 11.2. The number of rotatable bonds is 9. The molecule has 2 aliphatic rings. The minimum absolute atomic E-state index is 0.126. The van der Waals surface area contributed by atoms with Gasteiger partial charge in [-0.05, 0) is 37.0 Å². The second kappa shape index (κ2) is 10.1. The Hall–Kier alpha value is -3.01. The number of carbonyl (C=O) groups excluding carboxylic acids is 1.